The molecule has 2 rings (SSSR count). The summed E-state index contributed by atoms with van der Waals surface area (Å²) in [5.41, 5.74) is 7.45. The number of nitrogen functional groups attached to an aromatic ring is 1. The van der Waals surface area contributed by atoms with E-state index in [4.69, 9.17) is 5.73 Å². The van der Waals surface area contributed by atoms with Gasteiger partial charge in [-0.15, -0.1) is 5.10 Å². The number of benzene rings is 1. The van der Waals surface area contributed by atoms with Gasteiger partial charge in [0.2, 0.25) is 0 Å². The van der Waals surface area contributed by atoms with E-state index in [0.29, 0.717) is 11.7 Å². The van der Waals surface area contributed by atoms with Gasteiger partial charge in [0.25, 0.3) is 0 Å². The number of aromatic nitrogens is 3. The summed E-state index contributed by atoms with van der Waals surface area (Å²) in [5.74, 6) is 0.720. The van der Waals surface area contributed by atoms with Crippen LogP contribution in [0, 0.1) is 0 Å². The molecule has 7 heteroatoms. The highest BCUT2D eigenvalue weighted by Gasteiger charge is 2.08. The predicted octanol–water partition coefficient (Wildman–Crippen LogP) is 2.62. The first-order chi connectivity index (χ1) is 9.10. The van der Waals surface area contributed by atoms with E-state index in [2.05, 4.69) is 26.1 Å². The van der Waals surface area contributed by atoms with Crippen LogP contribution in [0.5, 0.6) is 0 Å². The van der Waals surface area contributed by atoms with Gasteiger partial charge in [0.15, 0.2) is 5.16 Å². The lowest BCUT2D eigenvalue weighted by Gasteiger charge is -2.05. The van der Waals surface area contributed by atoms with E-state index in [-0.39, 0.29) is 5.69 Å². The van der Waals surface area contributed by atoms with Crippen LogP contribution < -0.4 is 11.4 Å². The van der Waals surface area contributed by atoms with Gasteiger partial charge >= 0.3 is 5.69 Å². The molecule has 0 aliphatic carbocycles. The summed E-state index contributed by atoms with van der Waals surface area (Å²) in [7, 11) is 0. The van der Waals surface area contributed by atoms with Crippen molar-refractivity contribution in [2.75, 3.05) is 5.73 Å². The van der Waals surface area contributed by atoms with Crippen molar-refractivity contribution >= 4 is 33.4 Å². The van der Waals surface area contributed by atoms with Crippen molar-refractivity contribution in [3.63, 3.8) is 0 Å². The molecule has 0 atom stereocenters. The molecule has 2 aromatic rings. The van der Waals surface area contributed by atoms with Crippen LogP contribution >= 0.6 is 27.7 Å². The third-order valence-corrected chi connectivity index (χ3v) is 4.02. The summed E-state index contributed by atoms with van der Waals surface area (Å²) in [6.07, 6.45) is 0.900. The van der Waals surface area contributed by atoms with E-state index in [9.17, 15) is 4.79 Å². The smallest absolute Gasteiger partial charge is 0.343 e. The highest BCUT2D eigenvalue weighted by Crippen LogP contribution is 2.24. The van der Waals surface area contributed by atoms with Gasteiger partial charge in [0.05, 0.1) is 0 Å². The summed E-state index contributed by atoms with van der Waals surface area (Å²) in [4.78, 5) is 11.6. The van der Waals surface area contributed by atoms with Crippen LogP contribution in [0.15, 0.2) is 32.6 Å². The molecule has 0 radical (unpaired) electrons. The summed E-state index contributed by atoms with van der Waals surface area (Å²) in [6, 6.07) is 5.79. The van der Waals surface area contributed by atoms with Crippen molar-refractivity contribution in [1.29, 1.82) is 0 Å². The van der Waals surface area contributed by atoms with Crippen LogP contribution in [-0.2, 0) is 12.3 Å². The first-order valence-electron chi connectivity index (χ1n) is 5.93. The molecule has 0 aliphatic rings. The highest BCUT2D eigenvalue weighted by atomic mass is 79.9. The fourth-order valence-corrected chi connectivity index (χ4v) is 3.20. The maximum Gasteiger partial charge on any atom is 0.343 e. The van der Waals surface area contributed by atoms with Crippen LogP contribution in [0.4, 0.5) is 5.69 Å². The lowest BCUT2D eigenvalue weighted by atomic mass is 10.2. The summed E-state index contributed by atoms with van der Waals surface area (Å²) in [6.45, 7) is 2.71. The minimum Gasteiger partial charge on any atom is -0.399 e. The zero-order valence-electron chi connectivity index (χ0n) is 10.5. The van der Waals surface area contributed by atoms with E-state index >= 15 is 0 Å². The van der Waals surface area contributed by atoms with E-state index in [1.807, 2.05) is 25.1 Å². The van der Waals surface area contributed by atoms with Gasteiger partial charge in [0.1, 0.15) is 0 Å². The number of anilines is 1. The average molecular weight is 343 g/mol. The number of nitrogens with zero attached hydrogens (tertiary/aromatic N) is 2. The van der Waals surface area contributed by atoms with Crippen LogP contribution in [0.25, 0.3) is 0 Å². The number of hydrogen-bond acceptors (Lipinski definition) is 4. The largest absolute Gasteiger partial charge is 0.399 e. The Hall–Kier alpha value is -1.21. The Morgan fingerprint density at radius 2 is 2.26 bits per heavy atom. The number of halogens is 1. The third-order valence-electron chi connectivity index (χ3n) is 2.52. The summed E-state index contributed by atoms with van der Waals surface area (Å²) < 4.78 is 2.61. The number of thioether (sulfide) groups is 1. The van der Waals surface area contributed by atoms with E-state index < -0.39 is 0 Å². The van der Waals surface area contributed by atoms with Crippen molar-refractivity contribution < 1.29 is 0 Å². The van der Waals surface area contributed by atoms with E-state index in [0.717, 1.165) is 27.9 Å². The molecule has 0 amide bonds. The number of nitrogens with two attached hydrogens (primary N) is 1. The Morgan fingerprint density at radius 1 is 1.47 bits per heavy atom. The predicted molar refractivity (Wildman–Crippen MR) is 81.3 cm³/mol. The molecular weight excluding hydrogens is 328 g/mol. The molecule has 0 saturated carbocycles. The highest BCUT2D eigenvalue weighted by molar-refractivity contribution is 9.10. The molecule has 0 bridgehead atoms. The molecule has 0 aliphatic heterocycles. The molecule has 0 spiro atoms. The van der Waals surface area contributed by atoms with Crippen LogP contribution in [0.1, 0.15) is 18.9 Å². The molecule has 19 heavy (non-hydrogen) atoms. The van der Waals surface area contributed by atoms with Crippen LogP contribution in [0.2, 0.25) is 0 Å². The molecular formula is C12H15BrN4OS. The van der Waals surface area contributed by atoms with Crippen molar-refractivity contribution in [2.45, 2.75) is 30.8 Å². The Balaban J connectivity index is 2.12. The number of aromatic amines is 1. The maximum absolute atomic E-state index is 11.6. The second kappa shape index (κ2) is 6.29. The monoisotopic (exact) mass is 342 g/mol. The minimum atomic E-state index is -0.155. The number of rotatable bonds is 5. The summed E-state index contributed by atoms with van der Waals surface area (Å²) in [5, 5.41) is 7.24. The van der Waals surface area contributed by atoms with Crippen molar-refractivity contribution in [3.8, 4) is 0 Å². The fraction of sp³-hybridized carbons (Fsp3) is 0.333. The molecule has 1 heterocycles. The fourth-order valence-electron chi connectivity index (χ4n) is 1.74. The summed E-state index contributed by atoms with van der Waals surface area (Å²) >= 11 is 4.94. The lowest BCUT2D eigenvalue weighted by Crippen LogP contribution is -2.17. The van der Waals surface area contributed by atoms with Gasteiger partial charge in [-0.25, -0.2) is 9.89 Å². The molecule has 0 fully saturated rings. The number of H-pyrrole nitrogens is 1. The first kappa shape index (κ1) is 14.2. The Bertz CT molecular complexity index is 602. The van der Waals surface area contributed by atoms with Gasteiger partial charge < -0.3 is 5.73 Å². The molecule has 0 unspecified atom stereocenters. The Morgan fingerprint density at radius 3 is 2.95 bits per heavy atom. The quantitative estimate of drug-likeness (QED) is 0.646. The van der Waals surface area contributed by atoms with Crippen LogP contribution in [0.3, 0.4) is 0 Å². The normalized spacial score (nSPS) is 10.8. The molecule has 1 aromatic heterocycles. The molecule has 102 valence electrons. The second-order valence-corrected chi connectivity index (χ2v) is 6.00. The standard InChI is InChI=1S/C12H15BrN4OS/c1-2-3-17-11(18)15-16-12(17)19-7-8-4-9(13)6-10(14)5-8/h4-6H,2-3,7,14H2,1H3,(H,15,18). The van der Waals surface area contributed by atoms with Crippen molar-refractivity contribution in [2.24, 2.45) is 0 Å². The minimum absolute atomic E-state index is 0.155. The van der Waals surface area contributed by atoms with E-state index in [1.165, 1.54) is 11.8 Å². The van der Waals surface area contributed by atoms with Crippen LogP contribution in [-0.4, -0.2) is 14.8 Å². The zero-order chi connectivity index (χ0) is 13.8. The zero-order valence-corrected chi connectivity index (χ0v) is 12.9. The molecule has 5 nitrogen and oxygen atoms in total. The van der Waals surface area contributed by atoms with Gasteiger partial charge in [-0.05, 0) is 30.2 Å². The van der Waals surface area contributed by atoms with Gasteiger partial charge in [-0.2, -0.15) is 0 Å². The van der Waals surface area contributed by atoms with Gasteiger partial charge in [-0.3, -0.25) is 4.57 Å². The molecule has 1 aromatic carbocycles. The maximum atomic E-state index is 11.6. The third kappa shape index (κ3) is 3.63. The average Bonchev–Trinajstić information content (AvgIpc) is 2.68. The first-order valence-corrected chi connectivity index (χ1v) is 7.71. The lowest BCUT2D eigenvalue weighted by molar-refractivity contribution is 0.604. The number of nitrogens with one attached hydrogen (secondary N) is 1. The van der Waals surface area contributed by atoms with Gasteiger partial charge in [-0.1, -0.05) is 34.6 Å². The van der Waals surface area contributed by atoms with Crippen molar-refractivity contribution in [1.82, 2.24) is 14.8 Å². The SMILES string of the molecule is CCCn1c(SCc2cc(N)cc(Br)c2)n[nH]c1=O. The molecule has 3 N–H and O–H groups in total. The Kier molecular flexibility index (Phi) is 4.71. The second-order valence-electron chi connectivity index (χ2n) is 4.14. The Labute approximate surface area is 123 Å². The van der Waals surface area contributed by atoms with E-state index in [1.54, 1.807) is 4.57 Å². The topological polar surface area (TPSA) is 76.7 Å². The molecule has 0 saturated heterocycles. The van der Waals surface area contributed by atoms with Gasteiger partial charge in [0, 0.05) is 22.5 Å². The number of hydrogen-bond donors (Lipinski definition) is 2. The van der Waals surface area contributed by atoms with Crippen molar-refractivity contribution in [3.05, 3.63) is 38.7 Å².